The standard InChI is InChI=1S/C22H24N4O3/c1-15-4-3-5-20(16(15)2)29-13-21(27)25-8-10-26(11-9-25)22(28)17-6-7-18-19(12-17)24-14-23-18/h3-7,12,14H,8-11,13H2,1-2H3,(H,23,24). The molecule has 1 aliphatic rings. The summed E-state index contributed by atoms with van der Waals surface area (Å²) in [5, 5.41) is 0. The molecule has 7 nitrogen and oxygen atoms in total. The Bertz CT molecular complexity index is 1050. The van der Waals surface area contributed by atoms with Crippen LogP contribution < -0.4 is 4.74 Å². The van der Waals surface area contributed by atoms with Crippen molar-refractivity contribution in [2.24, 2.45) is 0 Å². The number of H-pyrrole nitrogens is 1. The third-order valence-electron chi connectivity index (χ3n) is 5.49. The normalized spacial score (nSPS) is 14.3. The van der Waals surface area contributed by atoms with E-state index in [1.54, 1.807) is 22.2 Å². The number of amides is 2. The topological polar surface area (TPSA) is 78.5 Å². The van der Waals surface area contributed by atoms with E-state index in [-0.39, 0.29) is 18.4 Å². The quantitative estimate of drug-likeness (QED) is 0.740. The average molecular weight is 392 g/mol. The van der Waals surface area contributed by atoms with E-state index in [9.17, 15) is 9.59 Å². The Hall–Kier alpha value is -3.35. The Kier molecular flexibility index (Phi) is 5.20. The van der Waals surface area contributed by atoms with Crippen molar-refractivity contribution < 1.29 is 14.3 Å². The summed E-state index contributed by atoms with van der Waals surface area (Å²) in [5.74, 6) is 0.651. The molecule has 0 spiro atoms. The van der Waals surface area contributed by atoms with Gasteiger partial charge in [0.15, 0.2) is 6.61 Å². The van der Waals surface area contributed by atoms with Crippen molar-refractivity contribution in [1.82, 2.24) is 19.8 Å². The monoisotopic (exact) mass is 392 g/mol. The second-order valence-electron chi connectivity index (χ2n) is 7.29. The van der Waals surface area contributed by atoms with Gasteiger partial charge in [-0.3, -0.25) is 9.59 Å². The maximum atomic E-state index is 12.8. The fourth-order valence-corrected chi connectivity index (χ4v) is 3.52. The van der Waals surface area contributed by atoms with Gasteiger partial charge in [0.2, 0.25) is 0 Å². The van der Waals surface area contributed by atoms with E-state index in [0.717, 1.165) is 27.9 Å². The number of nitrogens with one attached hydrogen (secondary N) is 1. The molecule has 2 amide bonds. The zero-order valence-electron chi connectivity index (χ0n) is 16.6. The Balaban J connectivity index is 1.32. The molecule has 7 heteroatoms. The van der Waals surface area contributed by atoms with E-state index in [2.05, 4.69) is 9.97 Å². The smallest absolute Gasteiger partial charge is 0.260 e. The van der Waals surface area contributed by atoms with Crippen LogP contribution in [0.25, 0.3) is 11.0 Å². The molecule has 0 aliphatic carbocycles. The Morgan fingerprint density at radius 3 is 2.62 bits per heavy atom. The van der Waals surface area contributed by atoms with Crippen LogP contribution >= 0.6 is 0 Å². The van der Waals surface area contributed by atoms with Gasteiger partial charge in [-0.1, -0.05) is 12.1 Å². The molecule has 150 valence electrons. The fourth-order valence-electron chi connectivity index (χ4n) is 3.52. The highest BCUT2D eigenvalue weighted by Gasteiger charge is 2.25. The van der Waals surface area contributed by atoms with Crippen LogP contribution in [0.15, 0.2) is 42.7 Å². The number of hydrogen-bond acceptors (Lipinski definition) is 4. The van der Waals surface area contributed by atoms with E-state index in [1.807, 2.05) is 44.2 Å². The van der Waals surface area contributed by atoms with Crippen LogP contribution in [0.5, 0.6) is 5.75 Å². The molecule has 0 saturated carbocycles. The van der Waals surface area contributed by atoms with Crippen molar-refractivity contribution in [2.45, 2.75) is 13.8 Å². The van der Waals surface area contributed by atoms with Crippen molar-refractivity contribution in [3.8, 4) is 5.75 Å². The van der Waals surface area contributed by atoms with E-state index in [0.29, 0.717) is 31.7 Å². The summed E-state index contributed by atoms with van der Waals surface area (Å²) in [6.45, 7) is 6.05. The molecule has 3 aromatic rings. The van der Waals surface area contributed by atoms with Crippen LogP contribution in [0, 0.1) is 13.8 Å². The molecular weight excluding hydrogens is 368 g/mol. The Labute approximate surface area is 169 Å². The van der Waals surface area contributed by atoms with Crippen molar-refractivity contribution in [3.63, 3.8) is 0 Å². The molecule has 4 rings (SSSR count). The molecule has 0 atom stereocenters. The first-order valence-corrected chi connectivity index (χ1v) is 9.72. The van der Waals surface area contributed by atoms with Crippen LogP contribution in [0.3, 0.4) is 0 Å². The molecule has 0 radical (unpaired) electrons. The van der Waals surface area contributed by atoms with Gasteiger partial charge in [-0.2, -0.15) is 0 Å². The lowest BCUT2D eigenvalue weighted by molar-refractivity contribution is -0.134. The lowest BCUT2D eigenvalue weighted by Crippen LogP contribution is -2.51. The number of benzene rings is 2. The molecule has 1 aromatic heterocycles. The van der Waals surface area contributed by atoms with Crippen LogP contribution in [0.4, 0.5) is 0 Å². The van der Waals surface area contributed by atoms with Crippen LogP contribution in [-0.4, -0.2) is 64.4 Å². The highest BCUT2D eigenvalue weighted by molar-refractivity contribution is 5.97. The van der Waals surface area contributed by atoms with Crippen molar-refractivity contribution in [2.75, 3.05) is 32.8 Å². The molecule has 0 bridgehead atoms. The van der Waals surface area contributed by atoms with Crippen LogP contribution in [0.2, 0.25) is 0 Å². The van der Waals surface area contributed by atoms with Crippen molar-refractivity contribution in [3.05, 3.63) is 59.4 Å². The number of carbonyl (C=O) groups is 2. The predicted octanol–water partition coefficient (Wildman–Crippen LogP) is 2.54. The number of aryl methyl sites for hydroxylation is 1. The minimum Gasteiger partial charge on any atom is -0.483 e. The van der Waals surface area contributed by atoms with Gasteiger partial charge in [-0.05, 0) is 49.2 Å². The molecular formula is C22H24N4O3. The van der Waals surface area contributed by atoms with E-state index in [4.69, 9.17) is 4.74 Å². The summed E-state index contributed by atoms with van der Waals surface area (Å²) < 4.78 is 5.73. The second-order valence-corrected chi connectivity index (χ2v) is 7.29. The number of rotatable bonds is 4. The molecule has 1 fully saturated rings. The summed E-state index contributed by atoms with van der Waals surface area (Å²) in [6.07, 6.45) is 1.61. The third-order valence-corrected chi connectivity index (χ3v) is 5.49. The summed E-state index contributed by atoms with van der Waals surface area (Å²) in [6, 6.07) is 11.3. The van der Waals surface area contributed by atoms with Gasteiger partial charge >= 0.3 is 0 Å². The van der Waals surface area contributed by atoms with Gasteiger partial charge in [0.1, 0.15) is 5.75 Å². The summed E-state index contributed by atoms with van der Waals surface area (Å²) in [4.78, 5) is 36.0. The predicted molar refractivity (Wildman–Crippen MR) is 110 cm³/mol. The number of aromatic amines is 1. The minimum absolute atomic E-state index is 0.00866. The summed E-state index contributed by atoms with van der Waals surface area (Å²) in [5.41, 5.74) is 4.48. The lowest BCUT2D eigenvalue weighted by atomic mass is 10.1. The Morgan fingerprint density at radius 1 is 1.07 bits per heavy atom. The number of carbonyl (C=O) groups excluding carboxylic acids is 2. The number of aromatic nitrogens is 2. The molecule has 1 aliphatic heterocycles. The van der Waals surface area contributed by atoms with Gasteiger partial charge in [0.25, 0.3) is 11.8 Å². The number of imidazole rings is 1. The molecule has 2 heterocycles. The van der Waals surface area contributed by atoms with E-state index in [1.165, 1.54) is 0 Å². The second kappa shape index (κ2) is 7.95. The first kappa shape index (κ1) is 19.0. The van der Waals surface area contributed by atoms with Crippen molar-refractivity contribution >= 4 is 22.8 Å². The highest BCUT2D eigenvalue weighted by Crippen LogP contribution is 2.20. The molecule has 2 aromatic carbocycles. The van der Waals surface area contributed by atoms with Gasteiger partial charge < -0.3 is 19.5 Å². The first-order valence-electron chi connectivity index (χ1n) is 9.72. The first-order chi connectivity index (χ1) is 14.0. The zero-order chi connectivity index (χ0) is 20.4. The number of hydrogen-bond donors (Lipinski definition) is 1. The largest absolute Gasteiger partial charge is 0.483 e. The highest BCUT2D eigenvalue weighted by atomic mass is 16.5. The maximum Gasteiger partial charge on any atom is 0.260 e. The lowest BCUT2D eigenvalue weighted by Gasteiger charge is -2.34. The van der Waals surface area contributed by atoms with Gasteiger partial charge in [-0.15, -0.1) is 0 Å². The average Bonchev–Trinajstić information content (AvgIpc) is 3.22. The molecule has 1 N–H and O–H groups in total. The fraction of sp³-hybridized carbons (Fsp3) is 0.318. The molecule has 29 heavy (non-hydrogen) atoms. The number of nitrogens with zero attached hydrogens (tertiary/aromatic N) is 3. The molecule has 1 saturated heterocycles. The minimum atomic E-state index is -0.0584. The maximum absolute atomic E-state index is 12.8. The van der Waals surface area contributed by atoms with Gasteiger partial charge in [0.05, 0.1) is 17.4 Å². The SMILES string of the molecule is Cc1cccc(OCC(=O)N2CCN(C(=O)c3ccc4nc[nH]c4c3)CC2)c1C. The van der Waals surface area contributed by atoms with Crippen LogP contribution in [-0.2, 0) is 4.79 Å². The zero-order valence-corrected chi connectivity index (χ0v) is 16.6. The Morgan fingerprint density at radius 2 is 1.83 bits per heavy atom. The van der Waals surface area contributed by atoms with Crippen molar-refractivity contribution in [1.29, 1.82) is 0 Å². The van der Waals surface area contributed by atoms with E-state index >= 15 is 0 Å². The number of ether oxygens (including phenoxy) is 1. The third kappa shape index (κ3) is 3.94. The van der Waals surface area contributed by atoms with Gasteiger partial charge in [-0.25, -0.2) is 4.98 Å². The molecule has 0 unspecified atom stereocenters. The number of piperazine rings is 1. The van der Waals surface area contributed by atoms with E-state index < -0.39 is 0 Å². The number of fused-ring (bicyclic) bond motifs is 1. The van der Waals surface area contributed by atoms with Crippen LogP contribution in [0.1, 0.15) is 21.5 Å². The summed E-state index contributed by atoms with van der Waals surface area (Å²) >= 11 is 0. The van der Waals surface area contributed by atoms with Gasteiger partial charge in [0, 0.05) is 31.7 Å². The summed E-state index contributed by atoms with van der Waals surface area (Å²) in [7, 11) is 0.